The molecule has 0 saturated carbocycles. The lowest BCUT2D eigenvalue weighted by Gasteiger charge is -2.12. The summed E-state index contributed by atoms with van der Waals surface area (Å²) in [4.78, 5) is 21.3. The van der Waals surface area contributed by atoms with E-state index < -0.39 is 0 Å². The van der Waals surface area contributed by atoms with E-state index in [-0.39, 0.29) is 18.6 Å². The number of ether oxygens (including phenoxy) is 1. The summed E-state index contributed by atoms with van der Waals surface area (Å²) >= 11 is 0. The number of unbranched alkanes of at least 4 members (excludes halogenated alkanes) is 8. The Morgan fingerprint density at radius 2 is 1.60 bits per heavy atom. The summed E-state index contributed by atoms with van der Waals surface area (Å²) in [6, 6.07) is 0. The predicted molar refractivity (Wildman–Crippen MR) is 81.5 cm³/mol. The number of hydrogen-bond acceptors (Lipinski definition) is 3. The lowest BCUT2D eigenvalue weighted by atomic mass is 10.1. The topological polar surface area (TPSA) is 55.4 Å². The van der Waals surface area contributed by atoms with Gasteiger partial charge in [0.1, 0.15) is 6.54 Å². The smallest absolute Gasteiger partial charge is 0.325 e. The van der Waals surface area contributed by atoms with Crippen LogP contribution < -0.4 is 5.32 Å². The van der Waals surface area contributed by atoms with Crippen LogP contribution in [0.4, 0.5) is 0 Å². The molecule has 0 aromatic heterocycles. The fourth-order valence-electron chi connectivity index (χ4n) is 2.19. The van der Waals surface area contributed by atoms with E-state index in [2.05, 4.69) is 12.2 Å². The number of hydrogen-bond donors (Lipinski definition) is 1. The zero-order chi connectivity index (χ0) is 15.1. The maximum absolute atomic E-state index is 11.2. The highest BCUT2D eigenvalue weighted by atomic mass is 16.5. The van der Waals surface area contributed by atoms with E-state index in [4.69, 9.17) is 4.74 Å². The van der Waals surface area contributed by atoms with Crippen LogP contribution in [0.5, 0.6) is 0 Å². The molecule has 118 valence electrons. The number of nitrogens with one attached hydrogen (secondary N) is 1. The van der Waals surface area contributed by atoms with Crippen LogP contribution in [0.3, 0.4) is 0 Å². The molecule has 1 amide bonds. The maximum atomic E-state index is 11.2. The van der Waals surface area contributed by atoms with E-state index in [0.29, 0.717) is 6.41 Å². The molecule has 0 bridgehead atoms. The minimum atomic E-state index is -0.361. The van der Waals surface area contributed by atoms with Crippen molar-refractivity contribution in [1.82, 2.24) is 5.32 Å². The fourth-order valence-corrected chi connectivity index (χ4v) is 2.19. The summed E-state index contributed by atoms with van der Waals surface area (Å²) in [6.45, 7) is 4.11. The van der Waals surface area contributed by atoms with Gasteiger partial charge < -0.3 is 10.1 Å². The van der Waals surface area contributed by atoms with Crippen molar-refractivity contribution in [2.24, 2.45) is 0 Å². The Kier molecular flexibility index (Phi) is 13.6. The zero-order valence-electron chi connectivity index (χ0n) is 13.2. The molecule has 0 spiro atoms. The molecule has 0 radical (unpaired) electrons. The Hall–Kier alpha value is -1.06. The first-order valence-electron chi connectivity index (χ1n) is 8.07. The minimum Gasteiger partial charge on any atom is -0.461 e. The van der Waals surface area contributed by atoms with Crippen molar-refractivity contribution in [3.63, 3.8) is 0 Å². The number of esters is 1. The molecule has 4 heteroatoms. The summed E-state index contributed by atoms with van der Waals surface area (Å²) in [7, 11) is 0. The van der Waals surface area contributed by atoms with E-state index in [0.717, 1.165) is 12.8 Å². The first kappa shape index (κ1) is 18.9. The van der Waals surface area contributed by atoms with Gasteiger partial charge >= 0.3 is 5.97 Å². The maximum Gasteiger partial charge on any atom is 0.325 e. The van der Waals surface area contributed by atoms with E-state index in [9.17, 15) is 9.59 Å². The number of rotatable bonds is 14. The van der Waals surface area contributed by atoms with Gasteiger partial charge in [0.2, 0.25) is 6.41 Å². The summed E-state index contributed by atoms with van der Waals surface area (Å²) in [5.74, 6) is -0.361. The van der Waals surface area contributed by atoms with Crippen molar-refractivity contribution in [2.75, 3.05) is 6.54 Å². The largest absolute Gasteiger partial charge is 0.461 e. The highest BCUT2D eigenvalue weighted by Crippen LogP contribution is 2.12. The van der Waals surface area contributed by atoms with Crippen molar-refractivity contribution in [3.05, 3.63) is 0 Å². The third kappa shape index (κ3) is 13.4. The molecule has 0 aliphatic carbocycles. The molecular weight excluding hydrogens is 254 g/mol. The molecule has 0 aromatic carbocycles. The molecule has 0 unspecified atom stereocenters. The van der Waals surface area contributed by atoms with Gasteiger partial charge in [-0.05, 0) is 19.8 Å². The van der Waals surface area contributed by atoms with Gasteiger partial charge in [-0.25, -0.2) is 0 Å². The lowest BCUT2D eigenvalue weighted by Crippen LogP contribution is -2.26. The molecule has 0 aliphatic rings. The third-order valence-electron chi connectivity index (χ3n) is 3.38. The van der Waals surface area contributed by atoms with Gasteiger partial charge in [0.05, 0.1) is 6.10 Å². The van der Waals surface area contributed by atoms with E-state index in [1.54, 1.807) is 0 Å². The Labute approximate surface area is 123 Å². The van der Waals surface area contributed by atoms with E-state index >= 15 is 0 Å². The Morgan fingerprint density at radius 3 is 2.15 bits per heavy atom. The van der Waals surface area contributed by atoms with Gasteiger partial charge in [0.15, 0.2) is 0 Å². The normalized spacial score (nSPS) is 11.9. The second kappa shape index (κ2) is 14.4. The van der Waals surface area contributed by atoms with Crippen molar-refractivity contribution < 1.29 is 14.3 Å². The molecule has 0 heterocycles. The number of carbonyl (C=O) groups is 2. The van der Waals surface area contributed by atoms with Crippen molar-refractivity contribution in [2.45, 2.75) is 84.2 Å². The Morgan fingerprint density at radius 1 is 1.05 bits per heavy atom. The summed E-state index contributed by atoms with van der Waals surface area (Å²) in [5.41, 5.74) is 0. The van der Waals surface area contributed by atoms with Crippen LogP contribution in [-0.2, 0) is 14.3 Å². The molecule has 0 rings (SSSR count). The van der Waals surface area contributed by atoms with Crippen LogP contribution in [0.1, 0.15) is 78.1 Å². The van der Waals surface area contributed by atoms with Gasteiger partial charge in [-0.3, -0.25) is 9.59 Å². The summed E-state index contributed by atoms with van der Waals surface area (Å²) in [5, 5.41) is 2.30. The molecule has 1 N–H and O–H groups in total. The van der Waals surface area contributed by atoms with E-state index in [1.165, 1.54) is 51.4 Å². The number of carbonyl (C=O) groups excluding carboxylic acids is 2. The molecule has 0 fully saturated rings. The molecular formula is C16H31NO3. The van der Waals surface area contributed by atoms with Gasteiger partial charge in [-0.1, -0.05) is 58.3 Å². The van der Waals surface area contributed by atoms with Crippen LogP contribution in [0.15, 0.2) is 0 Å². The molecule has 20 heavy (non-hydrogen) atoms. The Balaban J connectivity index is 3.28. The fraction of sp³-hybridized carbons (Fsp3) is 0.875. The standard InChI is InChI=1S/C16H31NO3/c1-3-4-5-6-7-8-9-10-11-12-15(2)20-16(19)13-17-14-18/h14-15H,3-13H2,1-2H3,(H,17,18)/t15-/m0/s1. The lowest BCUT2D eigenvalue weighted by molar-refractivity contribution is -0.147. The van der Waals surface area contributed by atoms with Crippen LogP contribution in [0.25, 0.3) is 0 Å². The molecule has 4 nitrogen and oxygen atoms in total. The first-order valence-corrected chi connectivity index (χ1v) is 8.07. The second-order valence-corrected chi connectivity index (χ2v) is 5.42. The average Bonchev–Trinajstić information content (AvgIpc) is 2.43. The van der Waals surface area contributed by atoms with Gasteiger partial charge in [-0.2, -0.15) is 0 Å². The van der Waals surface area contributed by atoms with Crippen LogP contribution >= 0.6 is 0 Å². The third-order valence-corrected chi connectivity index (χ3v) is 3.38. The van der Waals surface area contributed by atoms with Crippen molar-refractivity contribution in [3.8, 4) is 0 Å². The SMILES string of the molecule is CCCCCCCCCCC[C@H](C)OC(=O)CNC=O. The number of amides is 1. The quantitative estimate of drug-likeness (QED) is 0.301. The van der Waals surface area contributed by atoms with Crippen molar-refractivity contribution >= 4 is 12.4 Å². The highest BCUT2D eigenvalue weighted by Gasteiger charge is 2.08. The molecule has 0 aliphatic heterocycles. The average molecular weight is 285 g/mol. The van der Waals surface area contributed by atoms with Gasteiger partial charge in [-0.15, -0.1) is 0 Å². The van der Waals surface area contributed by atoms with Gasteiger partial charge in [0, 0.05) is 0 Å². The molecule has 1 atom stereocenters. The predicted octanol–water partition coefficient (Wildman–Crippen LogP) is 3.59. The molecule has 0 saturated heterocycles. The van der Waals surface area contributed by atoms with Gasteiger partial charge in [0.25, 0.3) is 0 Å². The van der Waals surface area contributed by atoms with Crippen LogP contribution in [0, 0.1) is 0 Å². The molecule has 0 aromatic rings. The van der Waals surface area contributed by atoms with Crippen LogP contribution in [-0.4, -0.2) is 25.0 Å². The first-order chi connectivity index (χ1) is 9.70. The Bertz CT molecular complexity index is 244. The van der Waals surface area contributed by atoms with Crippen molar-refractivity contribution in [1.29, 1.82) is 0 Å². The second-order valence-electron chi connectivity index (χ2n) is 5.42. The monoisotopic (exact) mass is 285 g/mol. The highest BCUT2D eigenvalue weighted by molar-refractivity contribution is 5.74. The van der Waals surface area contributed by atoms with Crippen LogP contribution in [0.2, 0.25) is 0 Å². The zero-order valence-corrected chi connectivity index (χ0v) is 13.2. The summed E-state index contributed by atoms with van der Waals surface area (Å²) in [6.07, 6.45) is 13.0. The van der Waals surface area contributed by atoms with E-state index in [1.807, 2.05) is 6.92 Å². The minimum absolute atomic E-state index is 0.0361. The summed E-state index contributed by atoms with van der Waals surface area (Å²) < 4.78 is 5.16.